The lowest BCUT2D eigenvalue weighted by Crippen LogP contribution is -2.21. The molecule has 0 fully saturated rings. The monoisotopic (exact) mass is 1780 g/mol. The largest absolute Gasteiger partial charge is 0.467 e. The van der Waals surface area contributed by atoms with Crippen molar-refractivity contribution in [1.29, 1.82) is 0 Å². The minimum absolute atomic E-state index is 0.00546. The van der Waals surface area contributed by atoms with Gasteiger partial charge in [-0.15, -0.1) is 68.0 Å². The number of rotatable bonds is 27. The van der Waals surface area contributed by atoms with Gasteiger partial charge < -0.3 is 68.1 Å². The first-order valence-electron chi connectivity index (χ1n) is 38.1. The number of furan rings is 3. The molecule has 0 saturated carbocycles. The van der Waals surface area contributed by atoms with Crippen LogP contribution < -0.4 is 54.8 Å². The number of halogens is 6. The maximum Gasteiger partial charge on any atom is 0.146 e. The quantitative estimate of drug-likeness (QED) is 0.0214. The van der Waals surface area contributed by atoms with Crippen molar-refractivity contribution in [3.63, 3.8) is 0 Å². The van der Waals surface area contributed by atoms with Crippen LogP contribution in [0.25, 0.3) is 51.1 Å². The molecule has 19 nitrogen and oxygen atoms in total. The molecule has 0 spiro atoms. The van der Waals surface area contributed by atoms with E-state index in [1.807, 2.05) is 88.5 Å². The molecule has 5 atom stereocenters. The summed E-state index contributed by atoms with van der Waals surface area (Å²) < 4.78 is 35.4. The topological polar surface area (TPSA) is 293 Å². The standard InChI is InChI=1S/C18H22ClN3OS.C17H18ClFN4S.C17H20ClN3OS.C17H20ClN3S2.C16H18ClN3OS/c1-10(2)15(20-4)17-11(3)16-18(24-17)13(8-14(19)22-16)21-9-12-6-5-7-23-12;1-9(20)5-14-10(2)16-17(24-14)13(6-15(18)23-16)22-7-11-3-4-21-8-12(11)19;1-9(2)14(19)16-10(3)15-17(23-16)12(7-13(18)21-15)20-8-11-5-4-6-22-11;1-3-11(19)7-14-10(2)16-17(23-14)13(8-15(18)21-16)20-9-12-5-4-6-22-12;1-9(18)6-13-10(2)15-16(22-13)12(7-14(17)20-15)19-8-11-4-3-5-21-11/h5-8,10,15,20H,9H2,1-4H3,(H,21,22);3-4,6,8-9H,5,7,20H2,1-2H3,(H,22,23);4-7,9,14H,8,19H2,1-3H3,(H,20,21);4-6,8,11H,3,7,9,19H2,1-2H3,(H,20,21);3-5,7,9H,6,8,18H2,1-2H3,(H,19,20)/t15-;9-;14-;11-;9-/m00100/s1. The number of thiophene rings is 6. The fourth-order valence-electron chi connectivity index (χ4n) is 12.9. The molecule has 15 aromatic rings. The lowest BCUT2D eigenvalue weighted by Gasteiger charge is -2.19. The Morgan fingerprint density at radius 1 is 0.448 bits per heavy atom. The Labute approximate surface area is 725 Å². The van der Waals surface area contributed by atoms with Crippen LogP contribution in [0.3, 0.4) is 0 Å². The molecule has 15 heterocycles. The molecule has 0 radical (unpaired) electrons. The average Bonchev–Trinajstić information content (AvgIpc) is 1.59. The van der Waals surface area contributed by atoms with Gasteiger partial charge in [0.05, 0.1) is 124 Å². The second kappa shape index (κ2) is 41.4. The Kier molecular flexibility index (Phi) is 31.8. The molecule has 0 amide bonds. The van der Waals surface area contributed by atoms with Crippen molar-refractivity contribution in [2.24, 2.45) is 34.8 Å². The van der Waals surface area contributed by atoms with Crippen molar-refractivity contribution in [1.82, 2.24) is 35.2 Å². The molecule has 31 heteroatoms. The highest BCUT2D eigenvalue weighted by Crippen LogP contribution is 2.45. The van der Waals surface area contributed by atoms with Crippen molar-refractivity contribution in [3.05, 3.63) is 233 Å². The molecule has 0 aliphatic carbocycles. The van der Waals surface area contributed by atoms with E-state index >= 15 is 0 Å². The summed E-state index contributed by atoms with van der Waals surface area (Å²) in [6.07, 6.45) is 11.3. The van der Waals surface area contributed by atoms with Crippen molar-refractivity contribution in [3.8, 4) is 0 Å². The van der Waals surface area contributed by atoms with E-state index in [1.165, 1.54) is 56.9 Å². The predicted molar refractivity (Wildman–Crippen MR) is 493 cm³/mol. The lowest BCUT2D eigenvalue weighted by atomic mass is 10.0. The molecule has 0 unspecified atom stereocenters. The zero-order chi connectivity index (χ0) is 83.2. The van der Waals surface area contributed by atoms with Gasteiger partial charge in [0.1, 0.15) is 48.9 Å². The van der Waals surface area contributed by atoms with Crippen molar-refractivity contribution in [2.75, 3.05) is 33.6 Å². The van der Waals surface area contributed by atoms with Gasteiger partial charge in [-0.2, -0.15) is 0 Å². The molecule has 116 heavy (non-hydrogen) atoms. The van der Waals surface area contributed by atoms with Crippen LogP contribution in [0.5, 0.6) is 0 Å². The van der Waals surface area contributed by atoms with Gasteiger partial charge in [-0.25, -0.2) is 29.3 Å². The van der Waals surface area contributed by atoms with E-state index in [4.69, 9.17) is 94.2 Å². The highest BCUT2D eigenvalue weighted by atomic mass is 35.5. The summed E-state index contributed by atoms with van der Waals surface area (Å²) in [5, 5.41) is 24.9. The molecule has 0 saturated heterocycles. The van der Waals surface area contributed by atoms with Gasteiger partial charge >= 0.3 is 0 Å². The summed E-state index contributed by atoms with van der Waals surface area (Å²) in [5.41, 5.74) is 40.3. The summed E-state index contributed by atoms with van der Waals surface area (Å²) in [6.45, 7) is 28.2. The van der Waals surface area contributed by atoms with E-state index in [9.17, 15) is 4.39 Å². The molecule has 614 valence electrons. The highest BCUT2D eigenvalue weighted by molar-refractivity contribution is 7.21. The Balaban J connectivity index is 0.000000143. The van der Waals surface area contributed by atoms with Crippen LogP contribution in [0.15, 0.2) is 135 Å². The normalized spacial score (nSPS) is 12.8. The molecular formula is C85H98Cl5FN16O3S6. The zero-order valence-corrected chi connectivity index (χ0v) is 75.6. The van der Waals surface area contributed by atoms with E-state index < -0.39 is 0 Å². The number of hydrogen-bond acceptors (Lipinski definition) is 25. The predicted octanol–water partition coefficient (Wildman–Crippen LogP) is 24.4. The third kappa shape index (κ3) is 22.7. The number of nitrogens with one attached hydrogen (secondary N) is 6. The minimum atomic E-state index is -0.332. The average molecular weight is 1780 g/mol. The number of pyridine rings is 6. The van der Waals surface area contributed by atoms with Gasteiger partial charge in [-0.3, -0.25) is 4.98 Å². The fraction of sp³-hybridized carbons (Fsp3) is 0.341. The maximum absolute atomic E-state index is 13.7. The van der Waals surface area contributed by atoms with Crippen LogP contribution in [0, 0.1) is 52.3 Å². The number of nitrogens with two attached hydrogens (primary N) is 4. The first-order chi connectivity index (χ1) is 55.6. The molecule has 14 N–H and O–H groups in total. The number of nitrogens with zero attached hydrogens (tertiary/aromatic N) is 6. The number of fused-ring (bicyclic) bond motifs is 5. The number of aromatic nitrogens is 6. The minimum Gasteiger partial charge on any atom is -0.467 e. The van der Waals surface area contributed by atoms with Crippen LogP contribution in [0.2, 0.25) is 25.8 Å². The summed E-state index contributed by atoms with van der Waals surface area (Å²) in [4.78, 5) is 33.8. The number of hydrogen-bond donors (Lipinski definition) is 10. The van der Waals surface area contributed by atoms with Crippen molar-refractivity contribution < 1.29 is 17.6 Å². The first kappa shape index (κ1) is 89.2. The SMILES string of the molecule is CC[C@H](N)Cc1sc2c(NCc3cccs3)cc(Cl)nc2c1C.CN[C@H](c1sc2c(NCc3ccco3)cc(Cl)nc2c1C)C(C)C.Cc1c(C[C@H](C)N)sc2c(NCc3ccco3)cc(Cl)nc12.Cc1c(C[C@H](C)N)sc2c(NCc3ccncc3F)cc(Cl)nc12.Cc1c([C@H](N)C(C)C)sc2c(NCc3ccco3)cc(Cl)nc12. The molecule has 0 aliphatic heterocycles. The molecule has 0 aliphatic rings. The summed E-state index contributed by atoms with van der Waals surface area (Å²) in [6, 6.07) is 27.3. The molecule has 15 rings (SSSR count). The molecule has 15 aromatic heterocycles. The molecular weight excluding hydrogens is 1680 g/mol. The Morgan fingerprint density at radius 3 is 1.16 bits per heavy atom. The Hall–Kier alpha value is -7.58. The number of aryl methyl sites for hydroxylation is 5. The van der Waals surface area contributed by atoms with Crippen LogP contribution in [0.1, 0.15) is 147 Å². The van der Waals surface area contributed by atoms with Gasteiger partial charge in [0.2, 0.25) is 0 Å². The maximum atomic E-state index is 13.7. The van der Waals surface area contributed by atoms with Crippen LogP contribution in [-0.2, 0) is 52.0 Å². The Bertz CT molecular complexity index is 5710. The zero-order valence-electron chi connectivity index (χ0n) is 66.9. The van der Waals surface area contributed by atoms with E-state index in [2.05, 4.69) is 142 Å². The van der Waals surface area contributed by atoms with Crippen molar-refractivity contribution in [2.45, 2.75) is 172 Å². The van der Waals surface area contributed by atoms with E-state index in [0.717, 1.165) is 135 Å². The second-order valence-corrected chi connectivity index (χ2v) is 37.4. The smallest absolute Gasteiger partial charge is 0.146 e. The molecule has 0 bridgehead atoms. The van der Waals surface area contributed by atoms with Crippen molar-refractivity contribution >= 4 is 206 Å². The summed E-state index contributed by atoms with van der Waals surface area (Å²) in [7, 11) is 2.00. The van der Waals surface area contributed by atoms with Crippen LogP contribution >= 0.6 is 126 Å². The Morgan fingerprint density at radius 2 is 0.819 bits per heavy atom. The van der Waals surface area contributed by atoms with Gasteiger partial charge in [-0.1, -0.05) is 98.7 Å². The fourth-order valence-corrected chi connectivity index (χ4v) is 21.6. The number of anilines is 5. The van der Waals surface area contributed by atoms with Gasteiger partial charge in [0, 0.05) is 115 Å². The summed E-state index contributed by atoms with van der Waals surface area (Å²) >= 11 is 41.4. The van der Waals surface area contributed by atoms with Gasteiger partial charge in [0.25, 0.3) is 0 Å². The van der Waals surface area contributed by atoms with E-state index in [-0.39, 0.29) is 30.0 Å². The molecule has 0 aromatic carbocycles. The lowest BCUT2D eigenvalue weighted by molar-refractivity contribution is 0.448. The first-order valence-corrected chi connectivity index (χ1v) is 44.9. The summed E-state index contributed by atoms with van der Waals surface area (Å²) in [5.74, 6) is 3.18. The highest BCUT2D eigenvalue weighted by Gasteiger charge is 2.26. The third-order valence-corrected chi connectivity index (χ3v) is 28.0. The van der Waals surface area contributed by atoms with E-state index in [0.29, 0.717) is 75.4 Å². The second-order valence-electron chi connectivity index (χ2n) is 29.1. The van der Waals surface area contributed by atoms with Gasteiger partial charge in [0.15, 0.2) is 0 Å². The van der Waals surface area contributed by atoms with Crippen LogP contribution in [0.4, 0.5) is 32.8 Å². The van der Waals surface area contributed by atoms with Crippen LogP contribution in [-0.4, -0.2) is 55.1 Å². The van der Waals surface area contributed by atoms with E-state index in [1.54, 1.807) is 105 Å². The third-order valence-electron chi connectivity index (χ3n) is 19.3. The van der Waals surface area contributed by atoms with Gasteiger partial charge in [-0.05, 0) is 175 Å².